The van der Waals surface area contributed by atoms with Crippen LogP contribution in [0.5, 0.6) is 5.75 Å². The number of benzene rings is 1. The molecule has 1 unspecified atom stereocenters. The van der Waals surface area contributed by atoms with Gasteiger partial charge >= 0.3 is 0 Å². The maximum absolute atomic E-state index is 10.00. The summed E-state index contributed by atoms with van der Waals surface area (Å²) >= 11 is 0. The van der Waals surface area contributed by atoms with Crippen molar-refractivity contribution in [3.8, 4) is 5.75 Å². The summed E-state index contributed by atoms with van der Waals surface area (Å²) in [6, 6.07) is 6.38. The zero-order valence-corrected chi connectivity index (χ0v) is 9.11. The Hall–Kier alpha value is -1.06. The Balaban J connectivity index is 2.63. The minimum atomic E-state index is -1.27. The molecule has 15 heavy (non-hydrogen) atoms. The summed E-state index contributed by atoms with van der Waals surface area (Å²) in [6.07, 6.45) is 3.62. The molecular weight excluding hydrogens is 190 g/mol. The highest BCUT2D eigenvalue weighted by Crippen LogP contribution is 2.23. The van der Waals surface area contributed by atoms with E-state index in [2.05, 4.69) is 6.92 Å². The molecule has 4 N–H and O–H groups in total. The van der Waals surface area contributed by atoms with Crippen LogP contribution in [0.2, 0.25) is 0 Å². The minimum Gasteiger partial charge on any atom is -0.508 e. The van der Waals surface area contributed by atoms with Crippen molar-refractivity contribution in [1.82, 2.24) is 0 Å². The zero-order chi connectivity index (χ0) is 11.3. The molecule has 0 aliphatic rings. The molecule has 0 amide bonds. The second kappa shape index (κ2) is 5.14. The van der Waals surface area contributed by atoms with Crippen molar-refractivity contribution in [2.24, 2.45) is 5.73 Å². The van der Waals surface area contributed by atoms with Gasteiger partial charge in [-0.15, -0.1) is 0 Å². The Labute approximate surface area is 90.5 Å². The Morgan fingerprint density at radius 1 is 1.20 bits per heavy atom. The van der Waals surface area contributed by atoms with Crippen LogP contribution < -0.4 is 5.73 Å². The van der Waals surface area contributed by atoms with E-state index < -0.39 is 5.72 Å². The first kappa shape index (κ1) is 12.0. The molecular formula is C12H19NO2. The standard InChI is InChI=1S/C12H19NO2/c1-2-3-4-9-12(13,15)10-5-7-11(14)8-6-10/h5-8,14-15H,2-4,9,13H2,1H3. The van der Waals surface area contributed by atoms with Crippen molar-refractivity contribution in [3.05, 3.63) is 29.8 Å². The van der Waals surface area contributed by atoms with Crippen LogP contribution in [-0.2, 0) is 5.72 Å². The van der Waals surface area contributed by atoms with Crippen LogP contribution in [0.15, 0.2) is 24.3 Å². The second-order valence-corrected chi connectivity index (χ2v) is 3.93. The predicted octanol–water partition coefficient (Wildman–Crippen LogP) is 2.08. The van der Waals surface area contributed by atoms with Crippen molar-refractivity contribution in [2.45, 2.75) is 38.3 Å². The molecule has 0 saturated heterocycles. The van der Waals surface area contributed by atoms with Crippen LogP contribution in [-0.4, -0.2) is 10.2 Å². The average Bonchev–Trinajstić information content (AvgIpc) is 2.18. The van der Waals surface area contributed by atoms with Crippen molar-refractivity contribution < 1.29 is 10.2 Å². The van der Waals surface area contributed by atoms with E-state index in [1.165, 1.54) is 12.1 Å². The maximum Gasteiger partial charge on any atom is 0.139 e. The molecule has 3 heteroatoms. The van der Waals surface area contributed by atoms with Crippen LogP contribution in [0.3, 0.4) is 0 Å². The highest BCUT2D eigenvalue weighted by molar-refractivity contribution is 5.29. The van der Waals surface area contributed by atoms with E-state index >= 15 is 0 Å². The smallest absolute Gasteiger partial charge is 0.139 e. The number of nitrogens with two attached hydrogens (primary N) is 1. The molecule has 0 fully saturated rings. The molecule has 0 aromatic heterocycles. The quantitative estimate of drug-likeness (QED) is 0.514. The van der Waals surface area contributed by atoms with E-state index in [0.717, 1.165) is 19.3 Å². The van der Waals surface area contributed by atoms with Crippen LogP contribution >= 0.6 is 0 Å². The molecule has 0 saturated carbocycles. The summed E-state index contributed by atoms with van der Waals surface area (Å²) in [4.78, 5) is 0. The second-order valence-electron chi connectivity index (χ2n) is 3.93. The van der Waals surface area contributed by atoms with Gasteiger partial charge in [0.15, 0.2) is 0 Å². The molecule has 0 radical (unpaired) electrons. The number of unbranched alkanes of at least 4 members (excludes halogenated alkanes) is 2. The normalized spacial score (nSPS) is 14.9. The number of phenolic OH excluding ortho intramolecular Hbond substituents is 1. The Morgan fingerprint density at radius 3 is 2.33 bits per heavy atom. The van der Waals surface area contributed by atoms with E-state index in [9.17, 15) is 5.11 Å². The van der Waals surface area contributed by atoms with Gasteiger partial charge in [0.2, 0.25) is 0 Å². The maximum atomic E-state index is 10.00. The summed E-state index contributed by atoms with van der Waals surface area (Å²) in [5, 5.41) is 19.1. The highest BCUT2D eigenvalue weighted by Gasteiger charge is 2.22. The first-order chi connectivity index (χ1) is 7.06. The van der Waals surface area contributed by atoms with Crippen LogP contribution in [0.1, 0.15) is 38.2 Å². The van der Waals surface area contributed by atoms with E-state index in [0.29, 0.717) is 12.0 Å². The third-order valence-corrected chi connectivity index (χ3v) is 2.53. The molecule has 0 aliphatic carbocycles. The number of phenols is 1. The molecule has 0 bridgehead atoms. The Bertz CT molecular complexity index is 293. The lowest BCUT2D eigenvalue weighted by Crippen LogP contribution is -2.36. The number of hydrogen-bond donors (Lipinski definition) is 3. The van der Waals surface area contributed by atoms with Gasteiger partial charge in [0.05, 0.1) is 0 Å². The monoisotopic (exact) mass is 209 g/mol. The topological polar surface area (TPSA) is 66.5 Å². The van der Waals surface area contributed by atoms with Crippen molar-refractivity contribution in [1.29, 1.82) is 0 Å². The summed E-state index contributed by atoms with van der Waals surface area (Å²) in [5.74, 6) is 0.183. The largest absolute Gasteiger partial charge is 0.508 e. The van der Waals surface area contributed by atoms with Gasteiger partial charge in [0.1, 0.15) is 11.5 Å². The number of aromatic hydroxyl groups is 1. The fourth-order valence-corrected chi connectivity index (χ4v) is 1.54. The van der Waals surface area contributed by atoms with E-state index in [-0.39, 0.29) is 5.75 Å². The van der Waals surface area contributed by atoms with E-state index in [1.807, 2.05) is 0 Å². The summed E-state index contributed by atoms with van der Waals surface area (Å²) in [7, 11) is 0. The summed E-state index contributed by atoms with van der Waals surface area (Å²) in [5.41, 5.74) is 5.18. The third-order valence-electron chi connectivity index (χ3n) is 2.53. The lowest BCUT2D eigenvalue weighted by atomic mass is 9.97. The first-order valence-corrected chi connectivity index (χ1v) is 5.37. The SMILES string of the molecule is CCCCCC(N)(O)c1ccc(O)cc1. The van der Waals surface area contributed by atoms with Crippen molar-refractivity contribution >= 4 is 0 Å². The molecule has 1 rings (SSSR count). The lowest BCUT2D eigenvalue weighted by molar-refractivity contribution is 0.0315. The number of aliphatic hydroxyl groups is 1. The van der Waals surface area contributed by atoms with E-state index in [4.69, 9.17) is 10.8 Å². The van der Waals surface area contributed by atoms with Crippen molar-refractivity contribution in [2.75, 3.05) is 0 Å². The van der Waals surface area contributed by atoms with Gasteiger partial charge in [-0.05, 0) is 30.5 Å². The van der Waals surface area contributed by atoms with E-state index in [1.54, 1.807) is 12.1 Å². The first-order valence-electron chi connectivity index (χ1n) is 5.37. The van der Waals surface area contributed by atoms with Gasteiger partial charge in [-0.2, -0.15) is 0 Å². The minimum absolute atomic E-state index is 0.183. The molecule has 3 nitrogen and oxygen atoms in total. The molecule has 0 spiro atoms. The molecule has 1 aromatic carbocycles. The van der Waals surface area contributed by atoms with Gasteiger partial charge in [-0.3, -0.25) is 5.73 Å². The predicted molar refractivity (Wildman–Crippen MR) is 60.3 cm³/mol. The Morgan fingerprint density at radius 2 is 1.80 bits per heavy atom. The molecule has 0 heterocycles. The summed E-state index contributed by atoms with van der Waals surface area (Å²) < 4.78 is 0. The average molecular weight is 209 g/mol. The van der Waals surface area contributed by atoms with Crippen molar-refractivity contribution in [3.63, 3.8) is 0 Å². The van der Waals surface area contributed by atoms with Gasteiger partial charge < -0.3 is 10.2 Å². The van der Waals surface area contributed by atoms with Gasteiger partial charge in [-0.25, -0.2) is 0 Å². The third kappa shape index (κ3) is 3.53. The van der Waals surface area contributed by atoms with Gasteiger partial charge in [0.25, 0.3) is 0 Å². The number of hydrogen-bond acceptors (Lipinski definition) is 3. The van der Waals surface area contributed by atoms with Crippen LogP contribution in [0, 0.1) is 0 Å². The molecule has 1 atom stereocenters. The Kier molecular flexibility index (Phi) is 4.12. The van der Waals surface area contributed by atoms with Crippen LogP contribution in [0.4, 0.5) is 0 Å². The fourth-order valence-electron chi connectivity index (χ4n) is 1.54. The summed E-state index contributed by atoms with van der Waals surface area (Å²) in [6.45, 7) is 2.11. The lowest BCUT2D eigenvalue weighted by Gasteiger charge is -2.23. The fraction of sp³-hybridized carbons (Fsp3) is 0.500. The van der Waals surface area contributed by atoms with Gasteiger partial charge in [-0.1, -0.05) is 31.9 Å². The number of rotatable bonds is 5. The van der Waals surface area contributed by atoms with Gasteiger partial charge in [0, 0.05) is 0 Å². The highest BCUT2D eigenvalue weighted by atomic mass is 16.3. The molecule has 0 aliphatic heterocycles. The molecule has 84 valence electrons. The molecule has 1 aromatic rings. The zero-order valence-electron chi connectivity index (χ0n) is 9.11. The van der Waals surface area contributed by atoms with Crippen LogP contribution in [0.25, 0.3) is 0 Å².